The molecule has 2 heterocycles. The maximum absolute atomic E-state index is 12.3. The fourth-order valence-corrected chi connectivity index (χ4v) is 4.11. The topological polar surface area (TPSA) is 129 Å². The zero-order valence-electron chi connectivity index (χ0n) is 15.3. The van der Waals surface area contributed by atoms with Crippen LogP contribution in [0.25, 0.3) is 0 Å². The Morgan fingerprint density at radius 3 is 2.86 bits per heavy atom. The highest BCUT2D eigenvalue weighted by Crippen LogP contribution is 2.40. The van der Waals surface area contributed by atoms with Gasteiger partial charge in [-0.15, -0.1) is 21.5 Å². The molecule has 1 fully saturated rings. The Bertz CT molecular complexity index is 875. The molecule has 1 aliphatic carbocycles. The molecule has 0 radical (unpaired) electrons. The normalized spacial score (nSPS) is 13.3. The van der Waals surface area contributed by atoms with Crippen LogP contribution < -0.4 is 11.1 Å². The molecule has 0 unspecified atom stereocenters. The Labute approximate surface area is 170 Å². The van der Waals surface area contributed by atoms with Crippen molar-refractivity contribution in [3.05, 3.63) is 22.8 Å². The van der Waals surface area contributed by atoms with E-state index in [1.165, 1.54) is 23.1 Å². The monoisotopic (exact) mass is 423 g/mol. The SMILES string of the molecule is CCOC(=O)c1ccsc1NC(=O)CSc1nnc(C2CC2)n1CCC(N)=O. The maximum atomic E-state index is 12.3. The molecule has 3 rings (SSSR count). The highest BCUT2D eigenvalue weighted by Gasteiger charge is 2.30. The van der Waals surface area contributed by atoms with Crippen molar-refractivity contribution in [3.63, 3.8) is 0 Å². The summed E-state index contributed by atoms with van der Waals surface area (Å²) in [4.78, 5) is 35.4. The minimum absolute atomic E-state index is 0.0968. The number of nitrogens with one attached hydrogen (secondary N) is 1. The van der Waals surface area contributed by atoms with Crippen molar-refractivity contribution in [2.24, 2.45) is 5.73 Å². The van der Waals surface area contributed by atoms with E-state index >= 15 is 0 Å². The van der Waals surface area contributed by atoms with Gasteiger partial charge in [0.05, 0.1) is 17.9 Å². The lowest BCUT2D eigenvalue weighted by Crippen LogP contribution is -2.17. The number of carbonyl (C=O) groups is 3. The number of thiophene rings is 1. The molecule has 0 bridgehead atoms. The summed E-state index contributed by atoms with van der Waals surface area (Å²) in [5.74, 6) is 0.170. The van der Waals surface area contributed by atoms with Gasteiger partial charge in [0.15, 0.2) is 5.16 Å². The molecule has 2 aromatic heterocycles. The summed E-state index contributed by atoms with van der Waals surface area (Å²) in [6.45, 7) is 2.39. The number of nitrogens with zero attached hydrogens (tertiary/aromatic N) is 3. The molecule has 11 heteroatoms. The molecule has 150 valence electrons. The first kappa shape index (κ1) is 20.3. The van der Waals surface area contributed by atoms with Gasteiger partial charge in [-0.2, -0.15) is 0 Å². The number of amides is 2. The smallest absolute Gasteiger partial charge is 0.341 e. The molecular formula is C17H21N5O4S2. The van der Waals surface area contributed by atoms with Gasteiger partial charge in [0.25, 0.3) is 0 Å². The summed E-state index contributed by atoms with van der Waals surface area (Å²) in [7, 11) is 0. The van der Waals surface area contributed by atoms with Crippen molar-refractivity contribution >= 4 is 45.9 Å². The van der Waals surface area contributed by atoms with Crippen LogP contribution in [0, 0.1) is 0 Å². The lowest BCUT2D eigenvalue weighted by Gasteiger charge is -2.09. The second kappa shape index (κ2) is 9.20. The van der Waals surface area contributed by atoms with Gasteiger partial charge in [0.2, 0.25) is 11.8 Å². The first-order chi connectivity index (χ1) is 13.5. The van der Waals surface area contributed by atoms with E-state index in [2.05, 4.69) is 15.5 Å². The quantitative estimate of drug-likeness (QED) is 0.442. The Morgan fingerprint density at radius 2 is 2.18 bits per heavy atom. The minimum Gasteiger partial charge on any atom is -0.462 e. The van der Waals surface area contributed by atoms with Crippen molar-refractivity contribution in [3.8, 4) is 0 Å². The number of aromatic nitrogens is 3. The third kappa shape index (κ3) is 5.10. The van der Waals surface area contributed by atoms with E-state index in [4.69, 9.17) is 10.5 Å². The maximum Gasteiger partial charge on any atom is 0.341 e. The summed E-state index contributed by atoms with van der Waals surface area (Å²) in [6.07, 6.45) is 2.29. The largest absolute Gasteiger partial charge is 0.462 e. The first-order valence-electron chi connectivity index (χ1n) is 8.88. The van der Waals surface area contributed by atoms with Crippen molar-refractivity contribution in [1.82, 2.24) is 14.8 Å². The number of hydrogen-bond acceptors (Lipinski definition) is 8. The summed E-state index contributed by atoms with van der Waals surface area (Å²) in [6, 6.07) is 1.62. The average Bonchev–Trinajstić information content (AvgIpc) is 3.25. The molecule has 0 spiro atoms. The number of thioether (sulfide) groups is 1. The molecule has 3 N–H and O–H groups in total. The Morgan fingerprint density at radius 1 is 1.39 bits per heavy atom. The van der Waals surface area contributed by atoms with Gasteiger partial charge >= 0.3 is 5.97 Å². The van der Waals surface area contributed by atoms with E-state index in [0.29, 0.717) is 28.2 Å². The third-order valence-corrected chi connectivity index (χ3v) is 5.81. The predicted molar refractivity (Wildman–Crippen MR) is 105 cm³/mol. The third-order valence-electron chi connectivity index (χ3n) is 4.02. The van der Waals surface area contributed by atoms with Gasteiger partial charge in [-0.1, -0.05) is 11.8 Å². The summed E-state index contributed by atoms with van der Waals surface area (Å²) >= 11 is 2.49. The predicted octanol–water partition coefficient (Wildman–Crippen LogP) is 2.00. The molecule has 2 amide bonds. The molecule has 28 heavy (non-hydrogen) atoms. The number of hydrogen-bond donors (Lipinski definition) is 2. The number of nitrogens with two attached hydrogens (primary N) is 1. The van der Waals surface area contributed by atoms with Gasteiger partial charge in [-0.25, -0.2) is 4.79 Å². The number of carbonyl (C=O) groups excluding carboxylic acids is 3. The van der Waals surface area contributed by atoms with Crippen LogP contribution in [0.1, 0.15) is 48.3 Å². The fraction of sp³-hybridized carbons (Fsp3) is 0.471. The van der Waals surface area contributed by atoms with Crippen LogP contribution in [0.5, 0.6) is 0 Å². The second-order valence-electron chi connectivity index (χ2n) is 6.20. The highest BCUT2D eigenvalue weighted by molar-refractivity contribution is 7.99. The molecule has 2 aromatic rings. The van der Waals surface area contributed by atoms with Gasteiger partial charge in [-0.3, -0.25) is 9.59 Å². The lowest BCUT2D eigenvalue weighted by molar-refractivity contribution is -0.118. The van der Waals surface area contributed by atoms with E-state index in [-0.39, 0.29) is 24.7 Å². The van der Waals surface area contributed by atoms with Crippen LogP contribution in [-0.2, 0) is 20.9 Å². The van der Waals surface area contributed by atoms with Crippen LogP contribution >= 0.6 is 23.1 Å². The van der Waals surface area contributed by atoms with Crippen LogP contribution in [-0.4, -0.2) is 44.9 Å². The van der Waals surface area contributed by atoms with E-state index < -0.39 is 11.9 Å². The summed E-state index contributed by atoms with van der Waals surface area (Å²) < 4.78 is 6.85. The molecular weight excluding hydrogens is 402 g/mol. The van der Waals surface area contributed by atoms with Crippen LogP contribution in [0.15, 0.2) is 16.6 Å². The Balaban J connectivity index is 1.61. The fourth-order valence-electron chi connectivity index (χ4n) is 2.55. The summed E-state index contributed by atoms with van der Waals surface area (Å²) in [5, 5.41) is 13.9. The van der Waals surface area contributed by atoms with Crippen molar-refractivity contribution in [2.75, 3.05) is 17.7 Å². The minimum atomic E-state index is -0.466. The van der Waals surface area contributed by atoms with Crippen molar-refractivity contribution < 1.29 is 19.1 Å². The lowest BCUT2D eigenvalue weighted by atomic mass is 10.3. The van der Waals surface area contributed by atoms with E-state index in [1.807, 2.05) is 4.57 Å². The molecule has 0 atom stereocenters. The molecule has 9 nitrogen and oxygen atoms in total. The zero-order chi connectivity index (χ0) is 20.1. The number of esters is 1. The Hall–Kier alpha value is -2.40. The van der Waals surface area contributed by atoms with Gasteiger partial charge < -0.3 is 20.4 Å². The van der Waals surface area contributed by atoms with Crippen LogP contribution in [0.4, 0.5) is 5.00 Å². The molecule has 0 aromatic carbocycles. The van der Waals surface area contributed by atoms with Gasteiger partial charge in [0.1, 0.15) is 10.8 Å². The van der Waals surface area contributed by atoms with Crippen molar-refractivity contribution in [2.45, 2.75) is 43.8 Å². The van der Waals surface area contributed by atoms with Crippen LogP contribution in [0.2, 0.25) is 0 Å². The van der Waals surface area contributed by atoms with E-state index in [1.54, 1.807) is 18.4 Å². The molecule has 0 saturated heterocycles. The van der Waals surface area contributed by atoms with E-state index in [0.717, 1.165) is 18.7 Å². The Kier molecular flexibility index (Phi) is 6.68. The number of ether oxygens (including phenoxy) is 1. The first-order valence-corrected chi connectivity index (χ1v) is 10.7. The standard InChI is InChI=1S/C17H21N5O4S2/c1-2-26-16(25)11-6-8-27-15(11)19-13(24)9-28-17-21-20-14(10-3-4-10)22(17)7-5-12(18)23/h6,8,10H,2-5,7,9H2,1H3,(H2,18,23)(H,19,24). The molecule has 1 aliphatic rings. The second-order valence-corrected chi connectivity index (χ2v) is 8.06. The zero-order valence-corrected chi connectivity index (χ0v) is 17.0. The van der Waals surface area contributed by atoms with E-state index in [9.17, 15) is 14.4 Å². The average molecular weight is 424 g/mol. The number of primary amides is 1. The van der Waals surface area contributed by atoms with Gasteiger partial charge in [0, 0.05) is 18.9 Å². The molecule has 1 saturated carbocycles. The van der Waals surface area contributed by atoms with Crippen molar-refractivity contribution in [1.29, 1.82) is 0 Å². The van der Waals surface area contributed by atoms with Gasteiger partial charge in [-0.05, 0) is 31.2 Å². The highest BCUT2D eigenvalue weighted by atomic mass is 32.2. The van der Waals surface area contributed by atoms with Crippen LogP contribution in [0.3, 0.4) is 0 Å². The summed E-state index contributed by atoms with van der Waals surface area (Å²) in [5.41, 5.74) is 5.60. The number of rotatable bonds is 10. The number of anilines is 1. The molecule has 0 aliphatic heterocycles.